The molecule has 98 valence electrons. The van der Waals surface area contributed by atoms with Crippen molar-refractivity contribution >= 4 is 11.6 Å². The van der Waals surface area contributed by atoms with Crippen molar-refractivity contribution in [1.29, 1.82) is 0 Å². The molecular weight excluding hydrogens is 234 g/mol. The maximum absolute atomic E-state index is 4.74. The highest BCUT2D eigenvalue weighted by Gasteiger charge is 2.21. The van der Waals surface area contributed by atoms with Crippen LogP contribution in [0.1, 0.15) is 43.4 Å². The Hall–Kier alpha value is -1.90. The number of anilines is 2. The number of rotatable bonds is 3. The van der Waals surface area contributed by atoms with Gasteiger partial charge < -0.3 is 5.32 Å². The molecule has 2 aromatic rings. The normalized spacial score (nSPS) is 17.8. The maximum atomic E-state index is 4.74. The minimum absolute atomic E-state index is 0.600. The molecule has 1 atom stereocenters. The Morgan fingerprint density at radius 3 is 2.89 bits per heavy atom. The van der Waals surface area contributed by atoms with E-state index in [-0.39, 0.29) is 0 Å². The largest absolute Gasteiger partial charge is 0.324 e. The maximum Gasteiger partial charge on any atom is 0.227 e. The molecule has 0 bridgehead atoms. The second kappa shape index (κ2) is 5.39. The van der Waals surface area contributed by atoms with Crippen LogP contribution in [0.3, 0.4) is 0 Å². The molecule has 0 saturated carbocycles. The van der Waals surface area contributed by atoms with Gasteiger partial charge in [0.05, 0.1) is 5.69 Å². The van der Waals surface area contributed by atoms with E-state index in [4.69, 9.17) is 4.98 Å². The number of hydrogen-bond acceptors (Lipinski definition) is 3. The van der Waals surface area contributed by atoms with E-state index >= 15 is 0 Å². The second-order valence-corrected chi connectivity index (χ2v) is 5.09. The summed E-state index contributed by atoms with van der Waals surface area (Å²) < 4.78 is 0. The lowest BCUT2D eigenvalue weighted by molar-refractivity contribution is 0.523. The SMILES string of the molecule is CCC1CCCc2cnc(Nc3ccccc3)nc21. The summed E-state index contributed by atoms with van der Waals surface area (Å²) in [6, 6.07) is 10.1. The van der Waals surface area contributed by atoms with Crippen molar-refractivity contribution in [1.82, 2.24) is 9.97 Å². The molecule has 1 N–H and O–H groups in total. The van der Waals surface area contributed by atoms with Gasteiger partial charge in [0, 0.05) is 17.8 Å². The molecule has 3 rings (SSSR count). The van der Waals surface area contributed by atoms with Crippen LogP contribution in [0.25, 0.3) is 0 Å². The summed E-state index contributed by atoms with van der Waals surface area (Å²) in [5.74, 6) is 1.31. The molecule has 1 aliphatic carbocycles. The molecule has 0 saturated heterocycles. The fourth-order valence-electron chi connectivity index (χ4n) is 2.75. The molecule has 1 unspecified atom stereocenters. The Morgan fingerprint density at radius 1 is 1.26 bits per heavy atom. The quantitative estimate of drug-likeness (QED) is 0.896. The van der Waals surface area contributed by atoms with Gasteiger partial charge in [-0.3, -0.25) is 0 Å². The highest BCUT2D eigenvalue weighted by molar-refractivity contribution is 5.53. The molecule has 19 heavy (non-hydrogen) atoms. The van der Waals surface area contributed by atoms with Crippen molar-refractivity contribution in [3.8, 4) is 0 Å². The van der Waals surface area contributed by atoms with E-state index in [1.165, 1.54) is 24.1 Å². The van der Waals surface area contributed by atoms with E-state index in [9.17, 15) is 0 Å². The Balaban J connectivity index is 1.88. The van der Waals surface area contributed by atoms with Crippen molar-refractivity contribution < 1.29 is 0 Å². The lowest BCUT2D eigenvalue weighted by Crippen LogP contribution is -2.13. The number of fused-ring (bicyclic) bond motifs is 1. The number of nitrogens with zero attached hydrogens (tertiary/aromatic N) is 2. The van der Waals surface area contributed by atoms with E-state index in [1.807, 2.05) is 36.5 Å². The first kappa shape index (κ1) is 12.2. The smallest absolute Gasteiger partial charge is 0.227 e. The monoisotopic (exact) mass is 253 g/mol. The van der Waals surface area contributed by atoms with Gasteiger partial charge in [-0.25, -0.2) is 9.97 Å². The first-order valence-corrected chi connectivity index (χ1v) is 7.04. The van der Waals surface area contributed by atoms with Crippen molar-refractivity contribution in [2.45, 2.75) is 38.5 Å². The van der Waals surface area contributed by atoms with Crippen molar-refractivity contribution in [2.24, 2.45) is 0 Å². The fourth-order valence-corrected chi connectivity index (χ4v) is 2.75. The summed E-state index contributed by atoms with van der Waals surface area (Å²) in [7, 11) is 0. The van der Waals surface area contributed by atoms with Gasteiger partial charge in [-0.05, 0) is 43.4 Å². The highest BCUT2D eigenvalue weighted by Crippen LogP contribution is 2.32. The standard InChI is InChI=1S/C16H19N3/c1-2-12-7-6-8-13-11-17-16(19-15(12)13)18-14-9-4-3-5-10-14/h3-5,9-12H,2,6-8H2,1H3,(H,17,18,19). The zero-order valence-corrected chi connectivity index (χ0v) is 11.3. The topological polar surface area (TPSA) is 37.8 Å². The number of aryl methyl sites for hydroxylation is 1. The third-order valence-corrected chi connectivity index (χ3v) is 3.81. The van der Waals surface area contributed by atoms with Crippen LogP contribution in [0.2, 0.25) is 0 Å². The van der Waals surface area contributed by atoms with E-state index in [0.717, 1.165) is 18.5 Å². The molecule has 3 heteroatoms. The molecule has 1 aliphatic rings. The molecule has 0 radical (unpaired) electrons. The number of para-hydroxylation sites is 1. The molecule has 1 heterocycles. The van der Waals surface area contributed by atoms with Crippen LogP contribution in [-0.2, 0) is 6.42 Å². The second-order valence-electron chi connectivity index (χ2n) is 5.09. The zero-order chi connectivity index (χ0) is 13.1. The van der Waals surface area contributed by atoms with Gasteiger partial charge in [0.2, 0.25) is 5.95 Å². The summed E-state index contributed by atoms with van der Waals surface area (Å²) in [6.07, 6.45) is 6.80. The lowest BCUT2D eigenvalue weighted by atomic mass is 9.86. The van der Waals surface area contributed by atoms with Gasteiger partial charge in [0.1, 0.15) is 0 Å². The minimum atomic E-state index is 0.600. The van der Waals surface area contributed by atoms with E-state index in [2.05, 4.69) is 17.2 Å². The van der Waals surface area contributed by atoms with Crippen LogP contribution in [0.4, 0.5) is 11.6 Å². The van der Waals surface area contributed by atoms with Gasteiger partial charge >= 0.3 is 0 Å². The first-order chi connectivity index (χ1) is 9.36. The molecule has 0 amide bonds. The number of nitrogens with one attached hydrogen (secondary N) is 1. The summed E-state index contributed by atoms with van der Waals surface area (Å²) in [5, 5.41) is 3.28. The van der Waals surface area contributed by atoms with Crippen LogP contribution in [-0.4, -0.2) is 9.97 Å². The minimum Gasteiger partial charge on any atom is -0.324 e. The summed E-state index contributed by atoms with van der Waals surface area (Å²) >= 11 is 0. The Labute approximate surface area is 114 Å². The third-order valence-electron chi connectivity index (χ3n) is 3.81. The predicted octanol–water partition coefficient (Wildman–Crippen LogP) is 4.05. The van der Waals surface area contributed by atoms with Gasteiger partial charge in [0.25, 0.3) is 0 Å². The van der Waals surface area contributed by atoms with Gasteiger partial charge in [-0.15, -0.1) is 0 Å². The Kier molecular flexibility index (Phi) is 3.45. The lowest BCUT2D eigenvalue weighted by Gasteiger charge is -2.23. The zero-order valence-electron chi connectivity index (χ0n) is 11.3. The van der Waals surface area contributed by atoms with Crippen molar-refractivity contribution in [3.63, 3.8) is 0 Å². The van der Waals surface area contributed by atoms with E-state index in [1.54, 1.807) is 0 Å². The number of benzene rings is 1. The van der Waals surface area contributed by atoms with Crippen LogP contribution < -0.4 is 5.32 Å². The van der Waals surface area contributed by atoms with Gasteiger partial charge in [0.15, 0.2) is 0 Å². The van der Waals surface area contributed by atoms with Gasteiger partial charge in [-0.1, -0.05) is 25.1 Å². The number of hydrogen-bond donors (Lipinski definition) is 1. The highest BCUT2D eigenvalue weighted by atomic mass is 15.1. The Morgan fingerprint density at radius 2 is 2.11 bits per heavy atom. The van der Waals surface area contributed by atoms with Crippen LogP contribution >= 0.6 is 0 Å². The van der Waals surface area contributed by atoms with E-state index < -0.39 is 0 Å². The first-order valence-electron chi connectivity index (χ1n) is 7.04. The fraction of sp³-hybridized carbons (Fsp3) is 0.375. The van der Waals surface area contributed by atoms with Crippen molar-refractivity contribution in [3.05, 3.63) is 47.8 Å². The molecule has 1 aromatic carbocycles. The van der Waals surface area contributed by atoms with E-state index in [0.29, 0.717) is 11.9 Å². The molecule has 0 fully saturated rings. The molecular formula is C16H19N3. The summed E-state index contributed by atoms with van der Waals surface area (Å²) in [6.45, 7) is 2.24. The van der Waals surface area contributed by atoms with Crippen LogP contribution in [0.5, 0.6) is 0 Å². The molecule has 3 nitrogen and oxygen atoms in total. The number of aromatic nitrogens is 2. The van der Waals surface area contributed by atoms with Crippen molar-refractivity contribution in [2.75, 3.05) is 5.32 Å². The van der Waals surface area contributed by atoms with Crippen LogP contribution in [0.15, 0.2) is 36.5 Å². The summed E-state index contributed by atoms with van der Waals surface area (Å²) in [4.78, 5) is 9.17. The summed E-state index contributed by atoms with van der Waals surface area (Å²) in [5.41, 5.74) is 3.62. The average Bonchev–Trinajstić information content (AvgIpc) is 2.47. The molecule has 0 spiro atoms. The third kappa shape index (κ3) is 2.60. The molecule has 0 aliphatic heterocycles. The van der Waals surface area contributed by atoms with Crippen LogP contribution in [0, 0.1) is 0 Å². The Bertz CT molecular complexity index is 551. The van der Waals surface area contributed by atoms with Gasteiger partial charge in [-0.2, -0.15) is 0 Å². The predicted molar refractivity (Wildman–Crippen MR) is 77.7 cm³/mol. The average molecular weight is 253 g/mol. The molecule has 1 aromatic heterocycles.